The average molecular weight is 276 g/mol. The summed E-state index contributed by atoms with van der Waals surface area (Å²) < 4.78 is 0. The Labute approximate surface area is 99.8 Å². The summed E-state index contributed by atoms with van der Waals surface area (Å²) in [6.07, 6.45) is 1.07. The number of hydrogen-bond donors (Lipinski definition) is 0. The topological polar surface area (TPSA) is 0 Å². The molecule has 0 amide bonds. The minimum absolute atomic E-state index is 0.545. The van der Waals surface area contributed by atoms with Crippen LogP contribution in [0.3, 0.4) is 0 Å². The first kappa shape index (κ1) is 12.1. The van der Waals surface area contributed by atoms with Crippen molar-refractivity contribution in [3.05, 3.63) is 34.3 Å². The Hall–Kier alpha value is -0.0100. The van der Waals surface area contributed by atoms with E-state index < -0.39 is 0 Å². The Balaban J connectivity index is 2.73. The van der Waals surface area contributed by atoms with Gasteiger partial charge in [-0.2, -0.15) is 0 Å². The van der Waals surface area contributed by atoms with Crippen LogP contribution >= 0.6 is 27.5 Å². The monoisotopic (exact) mass is 274 g/mol. The average Bonchev–Trinajstić information content (AvgIpc) is 2.11. The van der Waals surface area contributed by atoms with E-state index in [0.717, 1.165) is 17.0 Å². The molecule has 1 atom stereocenters. The highest BCUT2D eigenvalue weighted by Crippen LogP contribution is 2.21. The predicted molar refractivity (Wildman–Crippen MR) is 67.4 cm³/mol. The van der Waals surface area contributed by atoms with Gasteiger partial charge in [-0.1, -0.05) is 53.5 Å². The van der Waals surface area contributed by atoms with Gasteiger partial charge >= 0.3 is 0 Å². The van der Waals surface area contributed by atoms with E-state index in [-0.39, 0.29) is 0 Å². The Morgan fingerprint density at radius 2 is 2.00 bits per heavy atom. The fraction of sp³-hybridized carbons (Fsp3) is 0.500. The summed E-state index contributed by atoms with van der Waals surface area (Å²) in [6.45, 7) is 6.49. The Morgan fingerprint density at radius 3 is 2.50 bits per heavy atom. The quantitative estimate of drug-likeness (QED) is 0.707. The smallest absolute Gasteiger partial charge is 0.0435 e. The molecular weight excluding hydrogens is 259 g/mol. The molecule has 0 N–H and O–H groups in total. The molecule has 78 valence electrons. The highest BCUT2D eigenvalue weighted by molar-refractivity contribution is 9.09. The molecule has 0 spiro atoms. The van der Waals surface area contributed by atoms with Crippen molar-refractivity contribution in [2.45, 2.75) is 32.0 Å². The summed E-state index contributed by atoms with van der Waals surface area (Å²) in [5.74, 6) is 0.658. The molecule has 0 aromatic heterocycles. The van der Waals surface area contributed by atoms with E-state index in [4.69, 9.17) is 11.6 Å². The molecule has 0 saturated carbocycles. The van der Waals surface area contributed by atoms with E-state index in [2.05, 4.69) is 41.9 Å². The maximum absolute atomic E-state index is 5.97. The fourth-order valence-corrected chi connectivity index (χ4v) is 1.79. The largest absolute Gasteiger partial charge is 0.0884 e. The number of benzene rings is 1. The first-order valence-electron chi connectivity index (χ1n) is 4.90. The second-order valence-electron chi connectivity index (χ2n) is 4.05. The highest BCUT2D eigenvalue weighted by Gasteiger charge is 2.10. The van der Waals surface area contributed by atoms with Crippen LogP contribution < -0.4 is 0 Å². The van der Waals surface area contributed by atoms with Crippen LogP contribution in [0.2, 0.25) is 5.02 Å². The van der Waals surface area contributed by atoms with Crippen LogP contribution in [0.25, 0.3) is 0 Å². The number of alkyl halides is 1. The van der Waals surface area contributed by atoms with Gasteiger partial charge in [-0.05, 0) is 36.5 Å². The molecule has 0 radical (unpaired) electrons. The van der Waals surface area contributed by atoms with Gasteiger partial charge < -0.3 is 0 Å². The maximum atomic E-state index is 5.97. The number of aryl methyl sites for hydroxylation is 1. The van der Waals surface area contributed by atoms with Gasteiger partial charge in [0.1, 0.15) is 0 Å². The van der Waals surface area contributed by atoms with Crippen LogP contribution in [0.4, 0.5) is 0 Å². The van der Waals surface area contributed by atoms with Gasteiger partial charge in [0.2, 0.25) is 0 Å². The second kappa shape index (κ2) is 5.18. The molecule has 1 rings (SSSR count). The third kappa shape index (κ3) is 3.29. The highest BCUT2D eigenvalue weighted by atomic mass is 79.9. The van der Waals surface area contributed by atoms with E-state index in [9.17, 15) is 0 Å². The molecule has 2 heteroatoms. The van der Waals surface area contributed by atoms with Gasteiger partial charge in [-0.25, -0.2) is 0 Å². The molecule has 0 saturated heterocycles. The molecule has 0 aliphatic rings. The van der Waals surface area contributed by atoms with Crippen molar-refractivity contribution in [2.24, 2.45) is 5.92 Å². The molecule has 0 aliphatic carbocycles. The molecular formula is C12H16BrCl. The van der Waals surface area contributed by atoms with E-state index in [0.29, 0.717) is 10.7 Å². The van der Waals surface area contributed by atoms with Gasteiger partial charge in [0, 0.05) is 9.85 Å². The number of halogens is 2. The Kier molecular flexibility index (Phi) is 4.46. The Morgan fingerprint density at radius 1 is 1.36 bits per heavy atom. The van der Waals surface area contributed by atoms with Crippen molar-refractivity contribution in [3.63, 3.8) is 0 Å². The van der Waals surface area contributed by atoms with Crippen molar-refractivity contribution >= 4 is 27.5 Å². The van der Waals surface area contributed by atoms with Crippen molar-refractivity contribution in [3.8, 4) is 0 Å². The summed E-state index contributed by atoms with van der Waals surface area (Å²) in [5.41, 5.74) is 2.51. The third-order valence-corrected chi connectivity index (χ3v) is 4.18. The van der Waals surface area contributed by atoms with Crippen molar-refractivity contribution in [2.75, 3.05) is 0 Å². The fourth-order valence-electron chi connectivity index (χ4n) is 1.29. The van der Waals surface area contributed by atoms with E-state index in [1.165, 1.54) is 5.56 Å². The molecule has 0 bridgehead atoms. The van der Waals surface area contributed by atoms with Gasteiger partial charge in [-0.15, -0.1) is 0 Å². The van der Waals surface area contributed by atoms with E-state index in [1.54, 1.807) is 0 Å². The normalized spacial score (nSPS) is 13.3. The van der Waals surface area contributed by atoms with Crippen LogP contribution in [0.15, 0.2) is 18.2 Å². The van der Waals surface area contributed by atoms with Crippen molar-refractivity contribution < 1.29 is 0 Å². The molecule has 1 aromatic rings. The molecule has 1 aromatic carbocycles. The van der Waals surface area contributed by atoms with Crippen LogP contribution in [-0.2, 0) is 6.42 Å². The first-order valence-corrected chi connectivity index (χ1v) is 6.19. The lowest BCUT2D eigenvalue weighted by Gasteiger charge is -2.14. The standard InChI is InChI=1S/C12H16BrCl/c1-8(2)11(13)7-10-4-5-12(14)9(3)6-10/h4-6,8,11H,7H2,1-3H3. The SMILES string of the molecule is Cc1cc(CC(Br)C(C)C)ccc1Cl. The lowest BCUT2D eigenvalue weighted by atomic mass is 10.0. The number of hydrogen-bond acceptors (Lipinski definition) is 0. The van der Waals surface area contributed by atoms with E-state index in [1.807, 2.05) is 13.0 Å². The molecule has 0 nitrogen and oxygen atoms in total. The summed E-state index contributed by atoms with van der Waals surface area (Å²) >= 11 is 9.66. The zero-order valence-corrected chi connectivity index (χ0v) is 11.2. The van der Waals surface area contributed by atoms with Crippen LogP contribution in [0, 0.1) is 12.8 Å². The van der Waals surface area contributed by atoms with Crippen LogP contribution in [-0.4, -0.2) is 4.83 Å². The molecule has 0 fully saturated rings. The van der Waals surface area contributed by atoms with Gasteiger partial charge in [0.25, 0.3) is 0 Å². The van der Waals surface area contributed by atoms with Gasteiger partial charge in [0.05, 0.1) is 0 Å². The molecule has 14 heavy (non-hydrogen) atoms. The zero-order valence-electron chi connectivity index (χ0n) is 8.85. The number of rotatable bonds is 3. The maximum Gasteiger partial charge on any atom is 0.0435 e. The minimum Gasteiger partial charge on any atom is -0.0884 e. The second-order valence-corrected chi connectivity index (χ2v) is 5.63. The lowest BCUT2D eigenvalue weighted by molar-refractivity contribution is 0.613. The Bertz CT molecular complexity index is 307. The first-order chi connectivity index (χ1) is 6.50. The van der Waals surface area contributed by atoms with E-state index >= 15 is 0 Å². The summed E-state index contributed by atoms with van der Waals surface area (Å²) in [4.78, 5) is 0.545. The zero-order chi connectivity index (χ0) is 10.7. The van der Waals surface area contributed by atoms with Crippen molar-refractivity contribution in [1.82, 2.24) is 0 Å². The van der Waals surface area contributed by atoms with Crippen molar-refractivity contribution in [1.29, 1.82) is 0 Å². The lowest BCUT2D eigenvalue weighted by Crippen LogP contribution is -2.10. The molecule has 0 aliphatic heterocycles. The predicted octanol–water partition coefficient (Wildman–Crippen LogP) is 4.61. The summed E-state index contributed by atoms with van der Waals surface area (Å²) in [6, 6.07) is 6.25. The third-order valence-electron chi connectivity index (χ3n) is 2.38. The summed E-state index contributed by atoms with van der Waals surface area (Å²) in [7, 11) is 0. The molecule has 0 heterocycles. The van der Waals surface area contributed by atoms with Crippen LogP contribution in [0.5, 0.6) is 0 Å². The summed E-state index contributed by atoms with van der Waals surface area (Å²) in [5, 5.41) is 0.851. The van der Waals surface area contributed by atoms with Gasteiger partial charge in [0.15, 0.2) is 0 Å². The minimum atomic E-state index is 0.545. The van der Waals surface area contributed by atoms with Crippen LogP contribution in [0.1, 0.15) is 25.0 Å². The van der Waals surface area contributed by atoms with Gasteiger partial charge in [-0.3, -0.25) is 0 Å². The molecule has 1 unspecified atom stereocenters.